The number of nitro groups is 1. The molecule has 6 nitrogen and oxygen atoms in total. The van der Waals surface area contributed by atoms with Gasteiger partial charge in [0, 0.05) is 17.3 Å². The van der Waals surface area contributed by atoms with Gasteiger partial charge in [-0.3, -0.25) is 14.9 Å². The average Bonchev–Trinajstić information content (AvgIpc) is 2.64. The second kappa shape index (κ2) is 7.27. The number of ether oxygens (including phenoxy) is 1. The number of benzene rings is 3. The first-order valence-corrected chi connectivity index (χ1v) is 7.51. The van der Waals surface area contributed by atoms with Gasteiger partial charge in [-0.25, -0.2) is 0 Å². The van der Waals surface area contributed by atoms with Crippen LogP contribution in [0.15, 0.2) is 78.9 Å². The fourth-order valence-corrected chi connectivity index (χ4v) is 2.22. The van der Waals surface area contributed by atoms with Gasteiger partial charge in [0.15, 0.2) is 0 Å². The summed E-state index contributed by atoms with van der Waals surface area (Å²) in [7, 11) is 0. The van der Waals surface area contributed by atoms with Crippen LogP contribution in [0.5, 0.6) is 11.5 Å². The summed E-state index contributed by atoms with van der Waals surface area (Å²) in [6.45, 7) is 0. The Bertz CT molecular complexity index is 893. The molecule has 3 rings (SSSR count). The van der Waals surface area contributed by atoms with E-state index in [1.165, 1.54) is 12.1 Å². The van der Waals surface area contributed by atoms with Gasteiger partial charge in [0.2, 0.25) is 5.75 Å². The molecule has 3 aromatic rings. The molecule has 0 saturated carbocycles. The number of carbonyl (C=O) groups excluding carboxylic acids is 1. The van der Waals surface area contributed by atoms with Crippen LogP contribution in [-0.2, 0) is 0 Å². The van der Waals surface area contributed by atoms with Crippen LogP contribution in [0.3, 0.4) is 0 Å². The zero-order valence-electron chi connectivity index (χ0n) is 13.1. The van der Waals surface area contributed by atoms with Crippen molar-refractivity contribution in [1.82, 2.24) is 0 Å². The second-order valence-electron chi connectivity index (χ2n) is 5.17. The number of para-hydroxylation sites is 2. The third-order valence-electron chi connectivity index (χ3n) is 3.44. The summed E-state index contributed by atoms with van der Waals surface area (Å²) in [4.78, 5) is 22.6. The Labute approximate surface area is 143 Å². The molecule has 0 heterocycles. The first-order chi connectivity index (χ1) is 12.1. The molecule has 0 aliphatic heterocycles. The first kappa shape index (κ1) is 16.2. The zero-order chi connectivity index (χ0) is 17.6. The highest BCUT2D eigenvalue weighted by Gasteiger charge is 2.14. The Balaban J connectivity index is 1.71. The van der Waals surface area contributed by atoms with E-state index in [9.17, 15) is 14.9 Å². The minimum Gasteiger partial charge on any atom is -0.450 e. The maximum Gasteiger partial charge on any atom is 0.311 e. The highest BCUT2D eigenvalue weighted by molar-refractivity contribution is 6.04. The lowest BCUT2D eigenvalue weighted by atomic mass is 10.2. The number of anilines is 1. The summed E-state index contributed by atoms with van der Waals surface area (Å²) in [6.07, 6.45) is 0. The van der Waals surface area contributed by atoms with Crippen LogP contribution in [0, 0.1) is 10.1 Å². The number of hydrogen-bond donors (Lipinski definition) is 1. The van der Waals surface area contributed by atoms with Crippen LogP contribution in [-0.4, -0.2) is 10.8 Å². The molecule has 1 N–H and O–H groups in total. The molecule has 0 aliphatic rings. The maximum atomic E-state index is 12.1. The lowest BCUT2D eigenvalue weighted by molar-refractivity contribution is -0.385. The van der Waals surface area contributed by atoms with Crippen molar-refractivity contribution >= 4 is 17.3 Å². The molecule has 0 radical (unpaired) electrons. The molecule has 0 bridgehead atoms. The van der Waals surface area contributed by atoms with E-state index in [0.29, 0.717) is 17.0 Å². The number of rotatable bonds is 5. The van der Waals surface area contributed by atoms with Crippen molar-refractivity contribution in [2.45, 2.75) is 0 Å². The number of nitrogens with one attached hydrogen (secondary N) is 1. The van der Waals surface area contributed by atoms with Gasteiger partial charge in [-0.2, -0.15) is 0 Å². The van der Waals surface area contributed by atoms with E-state index in [4.69, 9.17) is 4.74 Å². The van der Waals surface area contributed by atoms with Crippen LogP contribution in [0.4, 0.5) is 11.4 Å². The van der Waals surface area contributed by atoms with Gasteiger partial charge in [-0.1, -0.05) is 30.3 Å². The Hall–Kier alpha value is -3.67. The van der Waals surface area contributed by atoms with Gasteiger partial charge < -0.3 is 10.1 Å². The molecule has 0 unspecified atom stereocenters. The molecule has 6 heteroatoms. The summed E-state index contributed by atoms with van der Waals surface area (Å²) in [5, 5.41) is 13.8. The Morgan fingerprint density at radius 3 is 2.20 bits per heavy atom. The predicted molar refractivity (Wildman–Crippen MR) is 94.0 cm³/mol. The van der Waals surface area contributed by atoms with Crippen molar-refractivity contribution in [2.24, 2.45) is 0 Å². The van der Waals surface area contributed by atoms with Gasteiger partial charge in [-0.05, 0) is 42.5 Å². The number of hydrogen-bond acceptors (Lipinski definition) is 4. The average molecular weight is 334 g/mol. The largest absolute Gasteiger partial charge is 0.450 e. The lowest BCUT2D eigenvalue weighted by Gasteiger charge is -2.08. The fraction of sp³-hybridized carbons (Fsp3) is 0. The Kier molecular flexibility index (Phi) is 4.71. The summed E-state index contributed by atoms with van der Waals surface area (Å²) in [5.74, 6) is 0.383. The van der Waals surface area contributed by atoms with Gasteiger partial charge in [0.05, 0.1) is 4.92 Å². The second-order valence-corrected chi connectivity index (χ2v) is 5.17. The Morgan fingerprint density at radius 1 is 0.880 bits per heavy atom. The molecule has 0 atom stereocenters. The van der Waals surface area contributed by atoms with Crippen molar-refractivity contribution in [3.63, 3.8) is 0 Å². The molecule has 0 saturated heterocycles. The summed E-state index contributed by atoms with van der Waals surface area (Å²) < 4.78 is 5.56. The molecular weight excluding hydrogens is 320 g/mol. The molecule has 124 valence electrons. The molecule has 0 fully saturated rings. The van der Waals surface area contributed by atoms with E-state index >= 15 is 0 Å². The van der Waals surface area contributed by atoms with Gasteiger partial charge in [0.25, 0.3) is 5.91 Å². The van der Waals surface area contributed by atoms with Gasteiger partial charge in [0.1, 0.15) is 5.75 Å². The standard InChI is InChI=1S/C19H14N2O4/c22-19(14-6-2-1-3-7-14)20-15-10-12-16(13-11-15)25-18-9-5-4-8-17(18)21(23)24/h1-13H,(H,20,22). The summed E-state index contributed by atoms with van der Waals surface area (Å²) in [6, 6.07) is 21.6. The highest BCUT2D eigenvalue weighted by atomic mass is 16.6. The summed E-state index contributed by atoms with van der Waals surface area (Å²) >= 11 is 0. The number of nitro benzene ring substituents is 1. The van der Waals surface area contributed by atoms with Crippen molar-refractivity contribution in [3.8, 4) is 11.5 Å². The maximum absolute atomic E-state index is 12.1. The van der Waals surface area contributed by atoms with Crippen molar-refractivity contribution in [3.05, 3.63) is 94.5 Å². The SMILES string of the molecule is O=C(Nc1ccc(Oc2ccccc2[N+](=O)[O-])cc1)c1ccccc1. The molecule has 3 aromatic carbocycles. The van der Waals surface area contributed by atoms with E-state index in [0.717, 1.165) is 0 Å². The normalized spacial score (nSPS) is 10.1. The van der Waals surface area contributed by atoms with Crippen LogP contribution < -0.4 is 10.1 Å². The fourth-order valence-electron chi connectivity index (χ4n) is 2.22. The smallest absolute Gasteiger partial charge is 0.311 e. The molecule has 0 aliphatic carbocycles. The van der Waals surface area contributed by atoms with Crippen molar-refractivity contribution in [2.75, 3.05) is 5.32 Å². The van der Waals surface area contributed by atoms with Crippen molar-refractivity contribution < 1.29 is 14.5 Å². The molecule has 0 aromatic heterocycles. The van der Waals surface area contributed by atoms with E-state index in [1.807, 2.05) is 6.07 Å². The Morgan fingerprint density at radius 2 is 1.52 bits per heavy atom. The summed E-state index contributed by atoms with van der Waals surface area (Å²) in [5.41, 5.74) is 1.05. The third-order valence-corrected chi connectivity index (χ3v) is 3.44. The number of amides is 1. The van der Waals surface area contributed by atoms with E-state index in [1.54, 1.807) is 60.7 Å². The van der Waals surface area contributed by atoms with E-state index < -0.39 is 4.92 Å². The minimum absolute atomic E-state index is 0.107. The molecular formula is C19H14N2O4. The third kappa shape index (κ3) is 4.00. The molecule has 25 heavy (non-hydrogen) atoms. The van der Waals surface area contributed by atoms with E-state index in [2.05, 4.69) is 5.32 Å². The van der Waals surface area contributed by atoms with E-state index in [-0.39, 0.29) is 17.3 Å². The highest BCUT2D eigenvalue weighted by Crippen LogP contribution is 2.31. The topological polar surface area (TPSA) is 81.5 Å². The van der Waals surface area contributed by atoms with Crippen LogP contribution >= 0.6 is 0 Å². The number of carbonyl (C=O) groups is 1. The lowest BCUT2D eigenvalue weighted by Crippen LogP contribution is -2.11. The first-order valence-electron chi connectivity index (χ1n) is 7.51. The van der Waals surface area contributed by atoms with Gasteiger partial charge >= 0.3 is 5.69 Å². The van der Waals surface area contributed by atoms with Gasteiger partial charge in [-0.15, -0.1) is 0 Å². The quantitative estimate of drug-likeness (QED) is 0.544. The monoisotopic (exact) mass is 334 g/mol. The van der Waals surface area contributed by atoms with Crippen molar-refractivity contribution in [1.29, 1.82) is 0 Å². The predicted octanol–water partition coefficient (Wildman–Crippen LogP) is 4.64. The van der Waals surface area contributed by atoms with Crippen LogP contribution in [0.1, 0.15) is 10.4 Å². The minimum atomic E-state index is -0.496. The molecule has 1 amide bonds. The van der Waals surface area contributed by atoms with Crippen LogP contribution in [0.25, 0.3) is 0 Å². The number of nitrogens with zero attached hydrogens (tertiary/aromatic N) is 1. The van der Waals surface area contributed by atoms with Crippen LogP contribution in [0.2, 0.25) is 0 Å². The zero-order valence-corrected chi connectivity index (χ0v) is 13.1. The molecule has 0 spiro atoms.